The zero-order valence-electron chi connectivity index (χ0n) is 12.6. The first-order valence-electron chi connectivity index (χ1n) is 7.20. The highest BCUT2D eigenvalue weighted by atomic mass is 16.4. The minimum absolute atomic E-state index is 0.0151. The number of hydrogen-bond donors (Lipinski definition) is 2. The van der Waals surface area contributed by atoms with Crippen molar-refractivity contribution in [2.24, 2.45) is 0 Å². The molecule has 0 aliphatic carbocycles. The Bertz CT molecular complexity index is 485. The summed E-state index contributed by atoms with van der Waals surface area (Å²) < 4.78 is 0. The average molecular weight is 293 g/mol. The summed E-state index contributed by atoms with van der Waals surface area (Å²) in [5.74, 6) is -0.661. The van der Waals surface area contributed by atoms with Crippen LogP contribution in [0.2, 0.25) is 0 Å². The molecule has 0 radical (unpaired) electrons. The lowest BCUT2D eigenvalue weighted by Gasteiger charge is -2.26. The van der Waals surface area contributed by atoms with Crippen molar-refractivity contribution >= 4 is 11.9 Å². The molecule has 1 amide bonds. The molecule has 1 aromatic rings. The van der Waals surface area contributed by atoms with E-state index < -0.39 is 5.97 Å². The molecule has 0 saturated heterocycles. The number of phenolic OH excluding ortho intramolecular Hbond substituents is 1. The molecule has 1 rings (SSSR count). The number of para-hydroxylation sites is 1. The maximum absolute atomic E-state index is 12.2. The molecule has 0 fully saturated rings. The second-order valence-electron chi connectivity index (χ2n) is 5.31. The molecule has 0 aromatic heterocycles. The monoisotopic (exact) mass is 293 g/mol. The summed E-state index contributed by atoms with van der Waals surface area (Å²) in [6.45, 7) is 4.28. The molecule has 0 heterocycles. The summed E-state index contributed by atoms with van der Waals surface area (Å²) in [6, 6.07) is 7.01. The Kier molecular flexibility index (Phi) is 6.72. The highest BCUT2D eigenvalue weighted by molar-refractivity contribution is 5.77. The fourth-order valence-corrected chi connectivity index (χ4v) is 2.18. The van der Waals surface area contributed by atoms with Crippen LogP contribution in [0.15, 0.2) is 24.3 Å². The van der Waals surface area contributed by atoms with E-state index in [1.54, 1.807) is 23.1 Å². The van der Waals surface area contributed by atoms with E-state index in [-0.39, 0.29) is 24.1 Å². The fourth-order valence-electron chi connectivity index (χ4n) is 2.18. The Balaban J connectivity index is 2.53. The fraction of sp³-hybridized carbons (Fsp3) is 0.500. The number of aromatic hydroxyl groups is 1. The summed E-state index contributed by atoms with van der Waals surface area (Å²) in [6.07, 6.45) is 1.31. The zero-order chi connectivity index (χ0) is 15.8. The molecule has 5 nitrogen and oxygen atoms in total. The van der Waals surface area contributed by atoms with Gasteiger partial charge in [-0.1, -0.05) is 18.2 Å². The molecule has 116 valence electrons. The molecule has 0 spiro atoms. The normalized spacial score (nSPS) is 10.6. The van der Waals surface area contributed by atoms with Crippen molar-refractivity contribution in [3.05, 3.63) is 29.8 Å². The molecule has 21 heavy (non-hydrogen) atoms. The first-order valence-corrected chi connectivity index (χ1v) is 7.20. The maximum atomic E-state index is 12.2. The zero-order valence-corrected chi connectivity index (χ0v) is 12.6. The lowest BCUT2D eigenvalue weighted by atomic mass is 10.1. The first-order chi connectivity index (χ1) is 9.91. The highest BCUT2D eigenvalue weighted by Crippen LogP contribution is 2.18. The molecule has 0 unspecified atom stereocenters. The van der Waals surface area contributed by atoms with Crippen LogP contribution in [-0.4, -0.2) is 39.6 Å². The van der Waals surface area contributed by atoms with Gasteiger partial charge in [-0.3, -0.25) is 9.59 Å². The third-order valence-corrected chi connectivity index (χ3v) is 3.33. The Morgan fingerprint density at radius 3 is 2.43 bits per heavy atom. The lowest BCUT2D eigenvalue weighted by Crippen LogP contribution is -2.38. The van der Waals surface area contributed by atoms with Gasteiger partial charge < -0.3 is 15.1 Å². The van der Waals surface area contributed by atoms with E-state index >= 15 is 0 Å². The number of carboxylic acids is 1. The van der Waals surface area contributed by atoms with Crippen molar-refractivity contribution in [1.29, 1.82) is 0 Å². The van der Waals surface area contributed by atoms with E-state index in [1.807, 2.05) is 19.9 Å². The van der Waals surface area contributed by atoms with Gasteiger partial charge in [-0.25, -0.2) is 0 Å². The van der Waals surface area contributed by atoms with Gasteiger partial charge in [-0.05, 0) is 38.3 Å². The Morgan fingerprint density at radius 1 is 1.19 bits per heavy atom. The SMILES string of the molecule is CC(C)N(CCCC(=O)O)C(=O)CCc1ccccc1O. The maximum Gasteiger partial charge on any atom is 0.303 e. The van der Waals surface area contributed by atoms with Gasteiger partial charge in [0, 0.05) is 25.4 Å². The Morgan fingerprint density at radius 2 is 1.86 bits per heavy atom. The summed E-state index contributed by atoms with van der Waals surface area (Å²) >= 11 is 0. The third kappa shape index (κ3) is 5.85. The van der Waals surface area contributed by atoms with Crippen LogP contribution in [0.3, 0.4) is 0 Å². The molecule has 0 atom stereocenters. The Labute approximate surface area is 125 Å². The van der Waals surface area contributed by atoms with E-state index in [9.17, 15) is 14.7 Å². The van der Waals surface area contributed by atoms with Crippen molar-refractivity contribution in [3.8, 4) is 5.75 Å². The highest BCUT2D eigenvalue weighted by Gasteiger charge is 2.17. The van der Waals surface area contributed by atoms with E-state index in [2.05, 4.69) is 0 Å². The van der Waals surface area contributed by atoms with E-state index in [0.29, 0.717) is 25.8 Å². The average Bonchev–Trinajstić information content (AvgIpc) is 2.41. The number of aliphatic carboxylic acids is 1. The van der Waals surface area contributed by atoms with Crippen LogP contribution in [0.5, 0.6) is 5.75 Å². The predicted octanol–water partition coefficient (Wildman–Crippen LogP) is 2.43. The van der Waals surface area contributed by atoms with E-state index in [1.165, 1.54) is 0 Å². The van der Waals surface area contributed by atoms with Crippen molar-refractivity contribution in [2.45, 2.75) is 45.6 Å². The number of rotatable bonds is 8. The number of benzene rings is 1. The number of carbonyl (C=O) groups is 2. The number of carbonyl (C=O) groups excluding carboxylic acids is 1. The van der Waals surface area contributed by atoms with Crippen molar-refractivity contribution in [1.82, 2.24) is 4.90 Å². The van der Waals surface area contributed by atoms with Crippen LogP contribution in [0.25, 0.3) is 0 Å². The van der Waals surface area contributed by atoms with Gasteiger partial charge in [0.2, 0.25) is 5.91 Å². The molecular formula is C16H23NO4. The van der Waals surface area contributed by atoms with Crippen molar-refractivity contribution in [3.63, 3.8) is 0 Å². The topological polar surface area (TPSA) is 77.8 Å². The molecular weight excluding hydrogens is 270 g/mol. The van der Waals surface area contributed by atoms with Crippen LogP contribution in [0.4, 0.5) is 0 Å². The van der Waals surface area contributed by atoms with Gasteiger partial charge >= 0.3 is 5.97 Å². The second-order valence-corrected chi connectivity index (χ2v) is 5.31. The van der Waals surface area contributed by atoms with Crippen LogP contribution in [0, 0.1) is 0 Å². The van der Waals surface area contributed by atoms with E-state index in [4.69, 9.17) is 5.11 Å². The largest absolute Gasteiger partial charge is 0.508 e. The van der Waals surface area contributed by atoms with Crippen LogP contribution in [0.1, 0.15) is 38.7 Å². The van der Waals surface area contributed by atoms with Crippen molar-refractivity contribution in [2.75, 3.05) is 6.54 Å². The molecule has 0 bridgehead atoms. The minimum atomic E-state index is -0.847. The predicted molar refractivity (Wildman–Crippen MR) is 80.1 cm³/mol. The standard InChI is InChI=1S/C16H23NO4/c1-12(2)17(11-5-8-16(20)21)15(19)10-9-13-6-3-4-7-14(13)18/h3-4,6-7,12,18H,5,8-11H2,1-2H3,(H,20,21). The lowest BCUT2D eigenvalue weighted by molar-refractivity contribution is -0.138. The number of amides is 1. The van der Waals surface area contributed by atoms with Gasteiger partial charge in [0.05, 0.1) is 0 Å². The van der Waals surface area contributed by atoms with Gasteiger partial charge in [-0.15, -0.1) is 0 Å². The van der Waals surface area contributed by atoms with Gasteiger partial charge in [0.15, 0.2) is 0 Å². The minimum Gasteiger partial charge on any atom is -0.508 e. The molecule has 5 heteroatoms. The summed E-state index contributed by atoms with van der Waals surface area (Å²) in [7, 11) is 0. The molecule has 0 saturated carbocycles. The number of nitrogens with zero attached hydrogens (tertiary/aromatic N) is 1. The molecule has 0 aliphatic heterocycles. The number of hydrogen-bond acceptors (Lipinski definition) is 3. The third-order valence-electron chi connectivity index (χ3n) is 3.33. The molecule has 0 aliphatic rings. The van der Waals surface area contributed by atoms with Gasteiger partial charge in [-0.2, -0.15) is 0 Å². The van der Waals surface area contributed by atoms with E-state index in [0.717, 1.165) is 5.56 Å². The summed E-state index contributed by atoms with van der Waals surface area (Å²) in [5, 5.41) is 18.3. The quantitative estimate of drug-likeness (QED) is 0.771. The van der Waals surface area contributed by atoms with Gasteiger partial charge in [0.25, 0.3) is 0 Å². The van der Waals surface area contributed by atoms with Crippen LogP contribution < -0.4 is 0 Å². The molecule has 1 aromatic carbocycles. The second kappa shape index (κ2) is 8.29. The van der Waals surface area contributed by atoms with Crippen LogP contribution in [-0.2, 0) is 16.0 Å². The number of phenols is 1. The number of aryl methyl sites for hydroxylation is 1. The number of carboxylic acid groups (broad SMARTS) is 1. The smallest absolute Gasteiger partial charge is 0.303 e. The summed E-state index contributed by atoms with van der Waals surface area (Å²) in [5.41, 5.74) is 0.750. The van der Waals surface area contributed by atoms with Crippen molar-refractivity contribution < 1.29 is 19.8 Å². The Hall–Kier alpha value is -2.04. The summed E-state index contributed by atoms with van der Waals surface area (Å²) in [4.78, 5) is 24.5. The van der Waals surface area contributed by atoms with Gasteiger partial charge in [0.1, 0.15) is 5.75 Å². The van der Waals surface area contributed by atoms with Crippen LogP contribution >= 0.6 is 0 Å². The first kappa shape index (κ1) is 17.0. The molecule has 2 N–H and O–H groups in total.